The zero-order valence-electron chi connectivity index (χ0n) is 20.4. The fourth-order valence-electron chi connectivity index (χ4n) is 4.78. The molecule has 1 atom stereocenters. The van der Waals surface area contributed by atoms with Crippen LogP contribution < -0.4 is 4.90 Å². The molecule has 0 aliphatic carbocycles. The van der Waals surface area contributed by atoms with E-state index in [0.29, 0.717) is 24.3 Å². The lowest BCUT2D eigenvalue weighted by atomic mass is 9.82. The second-order valence-electron chi connectivity index (χ2n) is 8.76. The van der Waals surface area contributed by atoms with Crippen molar-refractivity contribution in [3.63, 3.8) is 0 Å². The number of carbonyl (C=O) groups excluding carboxylic acids is 3. The maximum Gasteiger partial charge on any atom is 0.296 e. The van der Waals surface area contributed by atoms with Crippen LogP contribution in [0.4, 0.5) is 5.69 Å². The summed E-state index contributed by atoms with van der Waals surface area (Å²) < 4.78 is 31.0. The Labute approximate surface area is 209 Å². The summed E-state index contributed by atoms with van der Waals surface area (Å²) in [5.41, 5.74) is -1.19. The van der Waals surface area contributed by atoms with Crippen molar-refractivity contribution in [3.05, 3.63) is 65.2 Å². The summed E-state index contributed by atoms with van der Waals surface area (Å²) in [6.45, 7) is 0.343. The average molecular weight is 514 g/mol. The average Bonchev–Trinajstić information content (AvgIpc) is 3.22. The number of hydrogen-bond donors (Lipinski definition) is 1. The number of fused-ring (bicyclic) bond motifs is 2. The Morgan fingerprint density at radius 2 is 1.69 bits per heavy atom. The molecular formula is C25H27N3O7S. The predicted octanol–water partition coefficient (Wildman–Crippen LogP) is 1.53. The van der Waals surface area contributed by atoms with Crippen LogP contribution in [0.15, 0.2) is 59.0 Å². The number of rotatable bonds is 7. The lowest BCUT2D eigenvalue weighted by Crippen LogP contribution is -2.51. The molecule has 2 aliphatic rings. The number of likely N-dealkylation sites (tertiary alicyclic amines) is 1. The summed E-state index contributed by atoms with van der Waals surface area (Å²) >= 11 is 0. The van der Waals surface area contributed by atoms with Crippen molar-refractivity contribution in [2.75, 3.05) is 46.3 Å². The fourth-order valence-corrected chi connectivity index (χ4v) is 5.68. The van der Waals surface area contributed by atoms with Crippen LogP contribution in [0.5, 0.6) is 0 Å². The Balaban J connectivity index is 1.95. The van der Waals surface area contributed by atoms with Crippen molar-refractivity contribution in [1.29, 1.82) is 0 Å². The van der Waals surface area contributed by atoms with E-state index in [1.54, 1.807) is 31.3 Å². The number of ketones is 1. The topological polar surface area (TPSA) is 125 Å². The monoisotopic (exact) mass is 513 g/mol. The highest BCUT2D eigenvalue weighted by Crippen LogP contribution is 2.53. The van der Waals surface area contributed by atoms with E-state index in [-0.39, 0.29) is 22.6 Å². The van der Waals surface area contributed by atoms with Gasteiger partial charge < -0.3 is 19.6 Å². The predicted molar refractivity (Wildman–Crippen MR) is 132 cm³/mol. The van der Waals surface area contributed by atoms with Crippen LogP contribution in [-0.2, 0) is 34.7 Å². The third kappa shape index (κ3) is 3.54. The molecule has 36 heavy (non-hydrogen) atoms. The van der Waals surface area contributed by atoms with Crippen molar-refractivity contribution in [2.24, 2.45) is 0 Å². The number of Topliss-reactive ketones (excluding diaryl/α,β-unsaturated/α-hetero) is 1. The molecule has 0 radical (unpaired) electrons. The van der Waals surface area contributed by atoms with Crippen molar-refractivity contribution in [1.82, 2.24) is 9.21 Å². The smallest absolute Gasteiger partial charge is 0.296 e. The van der Waals surface area contributed by atoms with E-state index in [1.165, 1.54) is 55.3 Å². The molecule has 2 aromatic rings. The van der Waals surface area contributed by atoms with Gasteiger partial charge in [-0.1, -0.05) is 18.2 Å². The quantitative estimate of drug-likeness (QED) is 0.258. The van der Waals surface area contributed by atoms with Gasteiger partial charge in [0, 0.05) is 58.2 Å². The lowest BCUT2D eigenvalue weighted by molar-refractivity contribution is -0.143. The molecule has 10 nitrogen and oxygen atoms in total. The number of methoxy groups -OCH3 is 1. The molecule has 1 unspecified atom stereocenters. The van der Waals surface area contributed by atoms with Gasteiger partial charge in [0.05, 0.1) is 10.5 Å². The largest absolute Gasteiger partial charge is 0.507 e. The number of nitrogens with zero attached hydrogens (tertiary/aromatic N) is 3. The van der Waals surface area contributed by atoms with Gasteiger partial charge in [0.25, 0.3) is 17.6 Å². The van der Waals surface area contributed by atoms with Crippen molar-refractivity contribution in [2.45, 2.75) is 16.9 Å². The number of aliphatic hydroxyl groups excluding tert-OH is 1. The summed E-state index contributed by atoms with van der Waals surface area (Å²) in [5, 5.41) is 11.4. The number of ether oxygens (including phenoxy) is 1. The SMILES string of the molecule is COCCCN1C(=O)C(=O)/C(=C(/O)c2ccc(S(=O)(=O)N(C)C)cc2)C12C(=O)N(C)c1ccccc12. The minimum Gasteiger partial charge on any atom is -0.507 e. The Kier molecular flexibility index (Phi) is 6.50. The maximum absolute atomic E-state index is 13.8. The number of hydrogen-bond acceptors (Lipinski definition) is 7. The minimum atomic E-state index is -3.72. The van der Waals surface area contributed by atoms with E-state index in [2.05, 4.69) is 0 Å². The Bertz CT molecular complexity index is 1380. The molecular weight excluding hydrogens is 486 g/mol. The summed E-state index contributed by atoms with van der Waals surface area (Å²) in [6, 6.07) is 12.1. The molecule has 2 aliphatic heterocycles. The molecule has 4 rings (SSSR count). The van der Waals surface area contributed by atoms with E-state index in [0.717, 1.165) is 4.31 Å². The van der Waals surface area contributed by atoms with Gasteiger partial charge >= 0.3 is 0 Å². The molecule has 2 aromatic carbocycles. The number of sulfonamides is 1. The van der Waals surface area contributed by atoms with Gasteiger partial charge in [0.15, 0.2) is 5.54 Å². The Hall–Kier alpha value is -3.54. The first-order chi connectivity index (χ1) is 17.0. The molecule has 2 amide bonds. The number of likely N-dealkylation sites (N-methyl/N-ethyl adjacent to an activating group) is 1. The maximum atomic E-state index is 13.8. The van der Waals surface area contributed by atoms with Gasteiger partial charge in [0.1, 0.15) is 5.76 Å². The van der Waals surface area contributed by atoms with Crippen LogP contribution in [0.2, 0.25) is 0 Å². The zero-order chi connectivity index (χ0) is 26.4. The van der Waals surface area contributed by atoms with Gasteiger partial charge in [0.2, 0.25) is 10.0 Å². The van der Waals surface area contributed by atoms with Gasteiger partial charge in [-0.2, -0.15) is 0 Å². The van der Waals surface area contributed by atoms with Crippen LogP contribution in [-0.4, -0.2) is 81.7 Å². The lowest BCUT2D eigenvalue weighted by Gasteiger charge is -2.34. The minimum absolute atomic E-state index is 0.0131. The van der Waals surface area contributed by atoms with E-state index >= 15 is 0 Å². The van der Waals surface area contributed by atoms with E-state index in [9.17, 15) is 27.9 Å². The number of para-hydroxylation sites is 1. The molecule has 1 fully saturated rings. The van der Waals surface area contributed by atoms with E-state index < -0.39 is 38.9 Å². The number of aliphatic hydroxyl groups is 1. The summed E-state index contributed by atoms with van der Waals surface area (Å²) in [4.78, 5) is 43.1. The van der Waals surface area contributed by atoms with Crippen LogP contribution in [0.1, 0.15) is 17.5 Å². The molecule has 0 saturated carbocycles. The fraction of sp³-hybridized carbons (Fsp3) is 0.320. The summed E-state index contributed by atoms with van der Waals surface area (Å²) in [5.74, 6) is -3.00. The summed E-state index contributed by atoms with van der Waals surface area (Å²) in [6.07, 6.45) is 0.363. The molecule has 2 heterocycles. The highest BCUT2D eigenvalue weighted by atomic mass is 32.2. The molecule has 190 valence electrons. The van der Waals surface area contributed by atoms with E-state index in [1.807, 2.05) is 0 Å². The Morgan fingerprint density at radius 1 is 1.06 bits per heavy atom. The zero-order valence-corrected chi connectivity index (χ0v) is 21.2. The number of anilines is 1. The van der Waals surface area contributed by atoms with Gasteiger partial charge in [-0.15, -0.1) is 0 Å². The molecule has 0 bridgehead atoms. The molecule has 1 N–H and O–H groups in total. The van der Waals surface area contributed by atoms with Crippen molar-refractivity contribution < 1.29 is 32.6 Å². The molecule has 1 saturated heterocycles. The molecule has 1 spiro atoms. The second kappa shape index (κ2) is 9.16. The number of amides is 2. The van der Waals surface area contributed by atoms with Gasteiger partial charge in [-0.25, -0.2) is 12.7 Å². The number of carbonyl (C=O) groups is 3. The third-order valence-electron chi connectivity index (χ3n) is 6.58. The van der Waals surface area contributed by atoms with E-state index in [4.69, 9.17) is 4.74 Å². The highest BCUT2D eigenvalue weighted by molar-refractivity contribution is 7.89. The number of benzene rings is 2. The second-order valence-corrected chi connectivity index (χ2v) is 10.9. The van der Waals surface area contributed by atoms with Crippen molar-refractivity contribution >= 4 is 39.1 Å². The van der Waals surface area contributed by atoms with Crippen LogP contribution >= 0.6 is 0 Å². The molecule has 0 aromatic heterocycles. The highest BCUT2D eigenvalue weighted by Gasteiger charge is 2.66. The Morgan fingerprint density at radius 3 is 2.31 bits per heavy atom. The van der Waals surface area contributed by atoms with Crippen LogP contribution in [0.3, 0.4) is 0 Å². The van der Waals surface area contributed by atoms with Crippen molar-refractivity contribution in [3.8, 4) is 0 Å². The van der Waals surface area contributed by atoms with Gasteiger partial charge in [-0.05, 0) is 36.8 Å². The third-order valence-corrected chi connectivity index (χ3v) is 8.41. The molecule has 11 heteroatoms. The first-order valence-corrected chi connectivity index (χ1v) is 12.6. The van der Waals surface area contributed by atoms with Crippen LogP contribution in [0, 0.1) is 0 Å². The standard InChI is InChI=1S/C25H27N3O7S/c1-26(2)36(33,34)17-12-10-16(11-13-17)21(29)20-22(30)23(31)28(14-7-15-35-4)25(20)18-8-5-6-9-19(18)27(3)24(25)32/h5-6,8-13,29H,7,14-15H2,1-4H3/b21-20-. The first kappa shape index (κ1) is 25.5. The normalized spacial score (nSPS) is 21.2. The van der Waals surface area contributed by atoms with Gasteiger partial charge in [-0.3, -0.25) is 14.4 Å². The first-order valence-electron chi connectivity index (χ1n) is 11.2. The summed E-state index contributed by atoms with van der Waals surface area (Å²) in [7, 11) is 2.12. The van der Waals surface area contributed by atoms with Crippen LogP contribution in [0.25, 0.3) is 5.76 Å².